The summed E-state index contributed by atoms with van der Waals surface area (Å²) in [7, 11) is 0. The van der Waals surface area contributed by atoms with Crippen molar-refractivity contribution in [2.24, 2.45) is 11.3 Å². The smallest absolute Gasteiger partial charge is 0.327 e. The average Bonchev–Trinajstić information content (AvgIpc) is 2.25. The molecule has 1 aliphatic rings. The SMILES string of the molecule is C=C1C(C)CC1(C(=O)OCC)C(=O)OCC. The molecule has 0 bridgehead atoms. The van der Waals surface area contributed by atoms with Gasteiger partial charge in [-0.25, -0.2) is 0 Å². The second-order valence-electron chi connectivity index (χ2n) is 3.98. The maximum absolute atomic E-state index is 11.8. The fourth-order valence-corrected chi connectivity index (χ4v) is 2.02. The lowest BCUT2D eigenvalue weighted by Crippen LogP contribution is -2.52. The molecule has 1 rings (SSSR count). The molecule has 4 nitrogen and oxygen atoms in total. The predicted octanol–water partition coefficient (Wildman–Crippen LogP) is 1.70. The van der Waals surface area contributed by atoms with Crippen LogP contribution in [0.25, 0.3) is 0 Å². The van der Waals surface area contributed by atoms with E-state index in [0.29, 0.717) is 12.0 Å². The summed E-state index contributed by atoms with van der Waals surface area (Å²) in [5, 5.41) is 0. The average molecular weight is 226 g/mol. The first kappa shape index (κ1) is 12.7. The van der Waals surface area contributed by atoms with Crippen LogP contribution in [0.4, 0.5) is 0 Å². The van der Waals surface area contributed by atoms with Crippen molar-refractivity contribution in [3.05, 3.63) is 12.2 Å². The number of carbonyl (C=O) groups is 2. The first-order chi connectivity index (χ1) is 7.50. The molecule has 0 aromatic heterocycles. The van der Waals surface area contributed by atoms with Crippen molar-refractivity contribution < 1.29 is 19.1 Å². The second kappa shape index (κ2) is 4.68. The minimum Gasteiger partial charge on any atom is -0.465 e. The van der Waals surface area contributed by atoms with Gasteiger partial charge in [0.2, 0.25) is 0 Å². The van der Waals surface area contributed by atoms with E-state index < -0.39 is 17.4 Å². The molecule has 16 heavy (non-hydrogen) atoms. The van der Waals surface area contributed by atoms with E-state index in [1.165, 1.54) is 0 Å². The summed E-state index contributed by atoms with van der Waals surface area (Å²) in [4.78, 5) is 23.7. The Balaban J connectivity index is 2.91. The first-order valence-corrected chi connectivity index (χ1v) is 5.54. The van der Waals surface area contributed by atoms with E-state index in [9.17, 15) is 9.59 Å². The van der Waals surface area contributed by atoms with E-state index in [1.807, 2.05) is 6.92 Å². The van der Waals surface area contributed by atoms with Crippen LogP contribution in [0.3, 0.4) is 0 Å². The zero-order valence-electron chi connectivity index (χ0n) is 10.0. The summed E-state index contributed by atoms with van der Waals surface area (Å²) < 4.78 is 9.87. The number of esters is 2. The molecule has 0 aliphatic heterocycles. The largest absolute Gasteiger partial charge is 0.465 e. The van der Waals surface area contributed by atoms with E-state index in [0.717, 1.165) is 0 Å². The highest BCUT2D eigenvalue weighted by molar-refractivity contribution is 6.05. The number of ether oxygens (including phenoxy) is 2. The van der Waals surface area contributed by atoms with Gasteiger partial charge in [0.25, 0.3) is 0 Å². The van der Waals surface area contributed by atoms with Crippen LogP contribution in [-0.2, 0) is 19.1 Å². The van der Waals surface area contributed by atoms with Crippen molar-refractivity contribution in [3.8, 4) is 0 Å². The van der Waals surface area contributed by atoms with Crippen LogP contribution >= 0.6 is 0 Å². The Morgan fingerprint density at radius 3 is 2.00 bits per heavy atom. The van der Waals surface area contributed by atoms with Gasteiger partial charge in [-0.15, -0.1) is 0 Å². The molecule has 0 spiro atoms. The molecule has 0 aromatic rings. The maximum atomic E-state index is 11.8. The number of hydrogen-bond acceptors (Lipinski definition) is 4. The van der Waals surface area contributed by atoms with Gasteiger partial charge in [0.15, 0.2) is 5.41 Å². The zero-order chi connectivity index (χ0) is 12.3. The van der Waals surface area contributed by atoms with Gasteiger partial charge in [-0.2, -0.15) is 0 Å². The predicted molar refractivity (Wildman–Crippen MR) is 58.6 cm³/mol. The van der Waals surface area contributed by atoms with Crippen molar-refractivity contribution in [2.45, 2.75) is 27.2 Å². The minimum atomic E-state index is -1.24. The van der Waals surface area contributed by atoms with Crippen LogP contribution in [0.15, 0.2) is 12.2 Å². The Bertz CT molecular complexity index is 301. The molecule has 0 radical (unpaired) electrons. The number of hydrogen-bond donors (Lipinski definition) is 0. The van der Waals surface area contributed by atoms with Crippen LogP contribution in [0.5, 0.6) is 0 Å². The molecule has 0 heterocycles. The number of rotatable bonds is 4. The van der Waals surface area contributed by atoms with Crippen LogP contribution < -0.4 is 0 Å². The molecule has 1 saturated carbocycles. The summed E-state index contributed by atoms with van der Waals surface area (Å²) in [5.74, 6) is -0.901. The zero-order valence-corrected chi connectivity index (χ0v) is 10.0. The third-order valence-electron chi connectivity index (χ3n) is 3.00. The molecular weight excluding hydrogens is 208 g/mol. The lowest BCUT2D eigenvalue weighted by atomic mass is 9.59. The van der Waals surface area contributed by atoms with Crippen LogP contribution in [-0.4, -0.2) is 25.2 Å². The molecule has 0 amide bonds. The van der Waals surface area contributed by atoms with Gasteiger partial charge in [0.05, 0.1) is 13.2 Å². The van der Waals surface area contributed by atoms with Gasteiger partial charge in [-0.3, -0.25) is 9.59 Å². The summed E-state index contributed by atoms with van der Waals surface area (Å²) >= 11 is 0. The normalized spacial score (nSPS) is 22.2. The molecule has 90 valence electrons. The first-order valence-electron chi connectivity index (χ1n) is 5.54. The van der Waals surface area contributed by atoms with Gasteiger partial charge in [0, 0.05) is 0 Å². The molecule has 1 fully saturated rings. The Morgan fingerprint density at radius 1 is 1.31 bits per heavy atom. The summed E-state index contributed by atoms with van der Waals surface area (Å²) in [6.45, 7) is 9.65. The van der Waals surface area contributed by atoms with Crippen molar-refractivity contribution >= 4 is 11.9 Å². The highest BCUT2D eigenvalue weighted by atomic mass is 16.6. The van der Waals surface area contributed by atoms with Crippen LogP contribution in [0, 0.1) is 11.3 Å². The number of carbonyl (C=O) groups excluding carboxylic acids is 2. The lowest BCUT2D eigenvalue weighted by Gasteiger charge is -2.43. The topological polar surface area (TPSA) is 52.6 Å². The molecule has 1 atom stereocenters. The molecule has 0 saturated heterocycles. The quantitative estimate of drug-likeness (QED) is 0.416. The van der Waals surface area contributed by atoms with Crippen LogP contribution in [0.2, 0.25) is 0 Å². The van der Waals surface area contributed by atoms with E-state index in [2.05, 4.69) is 6.58 Å². The van der Waals surface area contributed by atoms with Crippen molar-refractivity contribution in [1.82, 2.24) is 0 Å². The van der Waals surface area contributed by atoms with Gasteiger partial charge < -0.3 is 9.47 Å². The molecule has 1 aliphatic carbocycles. The van der Waals surface area contributed by atoms with E-state index in [1.54, 1.807) is 13.8 Å². The van der Waals surface area contributed by atoms with Gasteiger partial charge in [0.1, 0.15) is 0 Å². The highest BCUT2D eigenvalue weighted by Gasteiger charge is 2.60. The van der Waals surface area contributed by atoms with Gasteiger partial charge in [-0.05, 0) is 31.8 Å². The van der Waals surface area contributed by atoms with Crippen molar-refractivity contribution in [3.63, 3.8) is 0 Å². The van der Waals surface area contributed by atoms with Crippen molar-refractivity contribution in [2.75, 3.05) is 13.2 Å². The lowest BCUT2D eigenvalue weighted by molar-refractivity contribution is -0.174. The van der Waals surface area contributed by atoms with E-state index >= 15 is 0 Å². The molecule has 1 unspecified atom stereocenters. The Morgan fingerprint density at radius 2 is 1.75 bits per heavy atom. The molecule has 0 aromatic carbocycles. The van der Waals surface area contributed by atoms with Gasteiger partial charge in [-0.1, -0.05) is 13.5 Å². The van der Waals surface area contributed by atoms with Crippen molar-refractivity contribution in [1.29, 1.82) is 0 Å². The fourth-order valence-electron chi connectivity index (χ4n) is 2.02. The third-order valence-corrected chi connectivity index (χ3v) is 3.00. The summed E-state index contributed by atoms with van der Waals surface area (Å²) in [6, 6.07) is 0. The molecule has 0 N–H and O–H groups in total. The summed E-state index contributed by atoms with van der Waals surface area (Å²) in [5.41, 5.74) is -0.643. The Hall–Kier alpha value is -1.32. The summed E-state index contributed by atoms with van der Waals surface area (Å²) in [6.07, 6.45) is 0.434. The molecular formula is C12H18O4. The minimum absolute atomic E-state index is 0.161. The van der Waals surface area contributed by atoms with Gasteiger partial charge >= 0.3 is 11.9 Å². The second-order valence-corrected chi connectivity index (χ2v) is 3.98. The Kier molecular flexibility index (Phi) is 3.73. The van der Waals surface area contributed by atoms with E-state index in [-0.39, 0.29) is 19.1 Å². The highest BCUT2D eigenvalue weighted by Crippen LogP contribution is 2.51. The fraction of sp³-hybridized carbons (Fsp3) is 0.667. The molecule has 4 heteroatoms. The standard InChI is InChI=1S/C12H18O4/c1-5-15-10(13)12(11(14)16-6-2)7-8(3)9(12)4/h8H,4-7H2,1-3H3. The monoisotopic (exact) mass is 226 g/mol. The third kappa shape index (κ3) is 1.72. The van der Waals surface area contributed by atoms with E-state index in [4.69, 9.17) is 9.47 Å². The van der Waals surface area contributed by atoms with Crippen LogP contribution in [0.1, 0.15) is 27.2 Å². The maximum Gasteiger partial charge on any atom is 0.327 e. The Labute approximate surface area is 95.6 Å².